The first-order valence-corrected chi connectivity index (χ1v) is 5.57. The normalized spacial score (nSPS) is 12.8. The molecule has 0 aliphatic carbocycles. The second kappa shape index (κ2) is 5.89. The standard InChI is InChI=1S/C12H11F4NO3/c1-2-8(11(19)20)17-10(18)6-4-3-5-7(9(6)13)12(14,15)16/h3-5,8H,2H2,1H3,(H,17,18)(H,19,20)/t8-/m1/s1. The average Bonchev–Trinajstić information content (AvgIpc) is 2.34. The Bertz CT molecular complexity index is 528. The molecule has 20 heavy (non-hydrogen) atoms. The van der Waals surface area contributed by atoms with Crippen LogP contribution in [0.5, 0.6) is 0 Å². The zero-order valence-electron chi connectivity index (χ0n) is 10.3. The number of nitrogens with one attached hydrogen (secondary N) is 1. The molecule has 1 aromatic carbocycles. The minimum Gasteiger partial charge on any atom is -0.480 e. The molecule has 0 aromatic heterocycles. The van der Waals surface area contributed by atoms with Crippen molar-refractivity contribution in [3.8, 4) is 0 Å². The van der Waals surface area contributed by atoms with Gasteiger partial charge in [-0.2, -0.15) is 13.2 Å². The fraction of sp³-hybridized carbons (Fsp3) is 0.333. The molecular weight excluding hydrogens is 282 g/mol. The van der Waals surface area contributed by atoms with Crippen molar-refractivity contribution >= 4 is 11.9 Å². The SMILES string of the molecule is CC[C@@H](NC(=O)c1cccc(C(F)(F)F)c1F)C(=O)O. The van der Waals surface area contributed by atoms with Crippen molar-refractivity contribution < 1.29 is 32.3 Å². The number of aliphatic carboxylic acids is 1. The average molecular weight is 293 g/mol. The van der Waals surface area contributed by atoms with Gasteiger partial charge in [0.15, 0.2) is 0 Å². The molecule has 2 N–H and O–H groups in total. The number of halogens is 4. The van der Waals surface area contributed by atoms with Crippen molar-refractivity contribution in [1.82, 2.24) is 5.32 Å². The maximum Gasteiger partial charge on any atom is 0.419 e. The molecule has 0 aliphatic heterocycles. The van der Waals surface area contributed by atoms with Gasteiger partial charge in [-0.25, -0.2) is 9.18 Å². The van der Waals surface area contributed by atoms with Gasteiger partial charge >= 0.3 is 12.1 Å². The quantitative estimate of drug-likeness (QED) is 0.838. The van der Waals surface area contributed by atoms with Crippen molar-refractivity contribution in [2.24, 2.45) is 0 Å². The van der Waals surface area contributed by atoms with Crippen LogP contribution in [0.25, 0.3) is 0 Å². The van der Waals surface area contributed by atoms with Gasteiger partial charge in [0, 0.05) is 0 Å². The summed E-state index contributed by atoms with van der Waals surface area (Å²) >= 11 is 0. The lowest BCUT2D eigenvalue weighted by atomic mass is 10.1. The highest BCUT2D eigenvalue weighted by molar-refractivity contribution is 5.97. The van der Waals surface area contributed by atoms with Crippen LogP contribution in [0.1, 0.15) is 29.3 Å². The van der Waals surface area contributed by atoms with E-state index in [1.165, 1.54) is 6.92 Å². The molecule has 4 nitrogen and oxygen atoms in total. The molecule has 1 rings (SSSR count). The summed E-state index contributed by atoms with van der Waals surface area (Å²) in [4.78, 5) is 22.4. The second-order valence-electron chi connectivity index (χ2n) is 3.94. The number of alkyl halides is 3. The lowest BCUT2D eigenvalue weighted by molar-refractivity contribution is -0.140. The Balaban J connectivity index is 3.09. The lowest BCUT2D eigenvalue weighted by Gasteiger charge is -2.14. The molecular formula is C12H11F4NO3. The van der Waals surface area contributed by atoms with Gasteiger partial charge in [-0.3, -0.25) is 4.79 Å². The molecule has 1 amide bonds. The molecule has 0 radical (unpaired) electrons. The van der Waals surface area contributed by atoms with E-state index in [4.69, 9.17) is 5.11 Å². The highest BCUT2D eigenvalue weighted by Crippen LogP contribution is 2.32. The predicted octanol–water partition coefficient (Wildman–Crippen LogP) is 2.44. The zero-order valence-corrected chi connectivity index (χ0v) is 10.3. The summed E-state index contributed by atoms with van der Waals surface area (Å²) in [7, 11) is 0. The Morgan fingerprint density at radius 1 is 1.35 bits per heavy atom. The van der Waals surface area contributed by atoms with Crippen molar-refractivity contribution in [3.63, 3.8) is 0 Å². The van der Waals surface area contributed by atoms with Crippen LogP contribution >= 0.6 is 0 Å². The molecule has 0 fully saturated rings. The molecule has 110 valence electrons. The molecule has 0 bridgehead atoms. The summed E-state index contributed by atoms with van der Waals surface area (Å²) in [6.07, 6.45) is -4.92. The highest BCUT2D eigenvalue weighted by atomic mass is 19.4. The number of hydrogen-bond acceptors (Lipinski definition) is 2. The van der Waals surface area contributed by atoms with E-state index in [1.54, 1.807) is 0 Å². The van der Waals surface area contributed by atoms with Crippen LogP contribution in [0, 0.1) is 5.82 Å². The fourth-order valence-corrected chi connectivity index (χ4v) is 1.50. The number of amides is 1. The Morgan fingerprint density at radius 3 is 2.40 bits per heavy atom. The molecule has 0 unspecified atom stereocenters. The summed E-state index contributed by atoms with van der Waals surface area (Å²) in [5.41, 5.74) is -2.42. The summed E-state index contributed by atoms with van der Waals surface area (Å²) in [6, 6.07) is 0.939. The van der Waals surface area contributed by atoms with E-state index in [9.17, 15) is 27.2 Å². The van der Waals surface area contributed by atoms with E-state index in [-0.39, 0.29) is 6.42 Å². The zero-order chi connectivity index (χ0) is 15.5. The van der Waals surface area contributed by atoms with E-state index in [2.05, 4.69) is 0 Å². The van der Waals surface area contributed by atoms with Crippen LogP contribution in [0.4, 0.5) is 17.6 Å². The Kier molecular flexibility index (Phi) is 4.69. The number of rotatable bonds is 4. The van der Waals surface area contributed by atoms with E-state index in [1.807, 2.05) is 5.32 Å². The van der Waals surface area contributed by atoms with Crippen LogP contribution in [0.3, 0.4) is 0 Å². The molecule has 0 saturated carbocycles. The van der Waals surface area contributed by atoms with E-state index >= 15 is 0 Å². The van der Waals surface area contributed by atoms with Crippen LogP contribution in [0.15, 0.2) is 18.2 Å². The van der Waals surface area contributed by atoms with Crippen LogP contribution in [-0.4, -0.2) is 23.0 Å². The molecule has 1 atom stereocenters. The van der Waals surface area contributed by atoms with E-state index in [0.717, 1.165) is 12.1 Å². The summed E-state index contributed by atoms with van der Waals surface area (Å²) in [5, 5.41) is 10.7. The van der Waals surface area contributed by atoms with Gasteiger partial charge in [-0.05, 0) is 18.6 Å². The number of carbonyl (C=O) groups excluding carboxylic acids is 1. The summed E-state index contributed by atoms with van der Waals surface area (Å²) < 4.78 is 51.1. The van der Waals surface area contributed by atoms with E-state index in [0.29, 0.717) is 6.07 Å². The summed E-state index contributed by atoms with van der Waals surface area (Å²) in [5.74, 6) is -4.28. The van der Waals surface area contributed by atoms with Gasteiger partial charge in [-0.1, -0.05) is 13.0 Å². The third-order valence-corrected chi connectivity index (χ3v) is 2.56. The first kappa shape index (κ1) is 15.9. The first-order chi connectivity index (χ1) is 9.18. The Hall–Kier alpha value is -2.12. The smallest absolute Gasteiger partial charge is 0.419 e. The van der Waals surface area contributed by atoms with Gasteiger partial charge in [-0.15, -0.1) is 0 Å². The monoisotopic (exact) mass is 293 g/mol. The third-order valence-electron chi connectivity index (χ3n) is 2.56. The molecule has 8 heteroatoms. The van der Waals surface area contributed by atoms with Crippen molar-refractivity contribution in [1.29, 1.82) is 0 Å². The van der Waals surface area contributed by atoms with Gasteiger partial charge < -0.3 is 10.4 Å². The fourth-order valence-electron chi connectivity index (χ4n) is 1.50. The number of carboxylic acids is 1. The third kappa shape index (κ3) is 3.46. The number of benzene rings is 1. The maximum absolute atomic E-state index is 13.6. The largest absolute Gasteiger partial charge is 0.480 e. The van der Waals surface area contributed by atoms with Crippen molar-refractivity contribution in [2.75, 3.05) is 0 Å². The first-order valence-electron chi connectivity index (χ1n) is 5.57. The van der Waals surface area contributed by atoms with Gasteiger partial charge in [0.2, 0.25) is 0 Å². The maximum atomic E-state index is 13.6. The summed E-state index contributed by atoms with van der Waals surface area (Å²) in [6.45, 7) is 1.46. The lowest BCUT2D eigenvalue weighted by Crippen LogP contribution is -2.40. The molecule has 0 saturated heterocycles. The van der Waals surface area contributed by atoms with Crippen LogP contribution < -0.4 is 5.32 Å². The van der Waals surface area contributed by atoms with Gasteiger partial charge in [0.05, 0.1) is 11.1 Å². The van der Waals surface area contributed by atoms with E-state index < -0.39 is 41.0 Å². The number of carboxylic acid groups (broad SMARTS) is 1. The molecule has 0 spiro atoms. The van der Waals surface area contributed by atoms with Gasteiger partial charge in [0.1, 0.15) is 11.9 Å². The van der Waals surface area contributed by atoms with Crippen molar-refractivity contribution in [3.05, 3.63) is 35.1 Å². The second-order valence-corrected chi connectivity index (χ2v) is 3.94. The molecule has 0 heterocycles. The minimum absolute atomic E-state index is 0.0155. The minimum atomic E-state index is -4.93. The van der Waals surface area contributed by atoms with Gasteiger partial charge in [0.25, 0.3) is 5.91 Å². The topological polar surface area (TPSA) is 66.4 Å². The highest BCUT2D eigenvalue weighted by Gasteiger charge is 2.36. The number of hydrogen-bond donors (Lipinski definition) is 2. The predicted molar refractivity (Wildman–Crippen MR) is 60.6 cm³/mol. The van der Waals surface area contributed by atoms with Crippen molar-refractivity contribution in [2.45, 2.75) is 25.6 Å². The molecule has 0 aliphatic rings. The Morgan fingerprint density at radius 2 is 1.95 bits per heavy atom. The Labute approximate surface area is 111 Å². The molecule has 1 aromatic rings. The van der Waals surface area contributed by atoms with Crippen LogP contribution in [-0.2, 0) is 11.0 Å². The number of carbonyl (C=O) groups is 2. The van der Waals surface area contributed by atoms with Crippen LogP contribution in [0.2, 0.25) is 0 Å².